The van der Waals surface area contributed by atoms with Crippen LogP contribution in [-0.4, -0.2) is 39.3 Å². The molecule has 0 amide bonds. The average Bonchev–Trinajstić information content (AvgIpc) is 3.33. The SMILES string of the molecule is CN=C(NCCCOCC1CC1)NCCc1cccc(F)c1. The Kier molecular flexibility index (Phi) is 7.16. The summed E-state index contributed by atoms with van der Waals surface area (Å²) in [4.78, 5) is 4.17. The number of ether oxygens (including phenoxy) is 1. The van der Waals surface area contributed by atoms with Gasteiger partial charge < -0.3 is 15.4 Å². The molecule has 5 heteroatoms. The van der Waals surface area contributed by atoms with Gasteiger partial charge in [-0.1, -0.05) is 12.1 Å². The third-order valence-corrected chi connectivity index (χ3v) is 3.63. The summed E-state index contributed by atoms with van der Waals surface area (Å²) in [7, 11) is 1.75. The molecule has 0 aliphatic heterocycles. The van der Waals surface area contributed by atoms with Crippen LogP contribution in [0.2, 0.25) is 0 Å². The van der Waals surface area contributed by atoms with Crippen molar-refractivity contribution < 1.29 is 9.13 Å². The lowest BCUT2D eigenvalue weighted by atomic mass is 10.1. The number of benzene rings is 1. The van der Waals surface area contributed by atoms with Crippen LogP contribution in [0.3, 0.4) is 0 Å². The maximum absolute atomic E-state index is 13.1. The number of halogens is 1. The number of guanidine groups is 1. The van der Waals surface area contributed by atoms with Crippen LogP contribution < -0.4 is 10.6 Å². The van der Waals surface area contributed by atoms with Crippen LogP contribution in [0.5, 0.6) is 0 Å². The van der Waals surface area contributed by atoms with Crippen molar-refractivity contribution in [3.05, 3.63) is 35.6 Å². The van der Waals surface area contributed by atoms with Gasteiger partial charge in [0, 0.05) is 33.4 Å². The van der Waals surface area contributed by atoms with E-state index < -0.39 is 0 Å². The normalized spacial score (nSPS) is 14.9. The fraction of sp³-hybridized carbons (Fsp3) is 0.588. The summed E-state index contributed by atoms with van der Waals surface area (Å²) in [5, 5.41) is 6.49. The van der Waals surface area contributed by atoms with E-state index in [0.717, 1.165) is 56.6 Å². The zero-order valence-electron chi connectivity index (χ0n) is 13.3. The van der Waals surface area contributed by atoms with E-state index in [4.69, 9.17) is 4.74 Å². The summed E-state index contributed by atoms with van der Waals surface area (Å²) < 4.78 is 18.7. The second-order valence-electron chi connectivity index (χ2n) is 5.68. The fourth-order valence-electron chi connectivity index (χ4n) is 2.15. The van der Waals surface area contributed by atoms with E-state index in [0.29, 0.717) is 0 Å². The lowest BCUT2D eigenvalue weighted by molar-refractivity contribution is 0.123. The molecule has 1 fully saturated rings. The van der Waals surface area contributed by atoms with Crippen molar-refractivity contribution in [2.45, 2.75) is 25.7 Å². The van der Waals surface area contributed by atoms with Gasteiger partial charge in [-0.25, -0.2) is 4.39 Å². The van der Waals surface area contributed by atoms with Crippen LogP contribution in [0.4, 0.5) is 4.39 Å². The Balaban J connectivity index is 1.52. The van der Waals surface area contributed by atoms with E-state index in [1.165, 1.54) is 18.9 Å². The predicted octanol–water partition coefficient (Wildman–Crippen LogP) is 2.35. The van der Waals surface area contributed by atoms with Crippen LogP contribution in [0.15, 0.2) is 29.3 Å². The quantitative estimate of drug-likeness (QED) is 0.418. The third-order valence-electron chi connectivity index (χ3n) is 3.63. The van der Waals surface area contributed by atoms with Gasteiger partial charge in [-0.3, -0.25) is 4.99 Å². The molecule has 22 heavy (non-hydrogen) atoms. The number of nitrogens with zero attached hydrogens (tertiary/aromatic N) is 1. The molecular weight excluding hydrogens is 281 g/mol. The topological polar surface area (TPSA) is 45.7 Å². The van der Waals surface area contributed by atoms with Crippen molar-refractivity contribution in [3.8, 4) is 0 Å². The average molecular weight is 307 g/mol. The molecule has 2 N–H and O–H groups in total. The second-order valence-corrected chi connectivity index (χ2v) is 5.68. The number of nitrogens with one attached hydrogen (secondary N) is 2. The van der Waals surface area contributed by atoms with Gasteiger partial charge in [0.2, 0.25) is 0 Å². The number of hydrogen-bond donors (Lipinski definition) is 2. The highest BCUT2D eigenvalue weighted by Gasteiger charge is 2.20. The molecule has 0 spiro atoms. The van der Waals surface area contributed by atoms with Gasteiger partial charge in [0.1, 0.15) is 5.82 Å². The summed E-state index contributed by atoms with van der Waals surface area (Å²) in [5.41, 5.74) is 0.983. The zero-order valence-corrected chi connectivity index (χ0v) is 13.3. The Morgan fingerprint density at radius 1 is 1.32 bits per heavy atom. The summed E-state index contributed by atoms with van der Waals surface area (Å²) in [6.45, 7) is 3.27. The molecule has 0 radical (unpaired) electrons. The van der Waals surface area contributed by atoms with Gasteiger partial charge in [-0.05, 0) is 49.3 Å². The minimum absolute atomic E-state index is 0.189. The highest BCUT2D eigenvalue weighted by atomic mass is 19.1. The molecule has 0 bridgehead atoms. The Morgan fingerprint density at radius 3 is 2.86 bits per heavy atom. The summed E-state index contributed by atoms with van der Waals surface area (Å²) in [5.74, 6) is 1.41. The Morgan fingerprint density at radius 2 is 2.14 bits per heavy atom. The van der Waals surface area contributed by atoms with Crippen molar-refractivity contribution in [2.24, 2.45) is 10.9 Å². The maximum Gasteiger partial charge on any atom is 0.190 e. The molecule has 1 aliphatic rings. The molecule has 2 rings (SSSR count). The highest BCUT2D eigenvalue weighted by Crippen LogP contribution is 2.28. The number of aliphatic imine (C=N–C) groups is 1. The largest absolute Gasteiger partial charge is 0.381 e. The molecule has 4 nitrogen and oxygen atoms in total. The Bertz CT molecular complexity index is 475. The first kappa shape index (κ1) is 16.7. The Hall–Kier alpha value is -1.62. The van der Waals surface area contributed by atoms with Crippen LogP contribution >= 0.6 is 0 Å². The molecule has 0 aromatic heterocycles. The van der Waals surface area contributed by atoms with E-state index in [2.05, 4.69) is 15.6 Å². The molecule has 1 aliphatic carbocycles. The van der Waals surface area contributed by atoms with Gasteiger partial charge >= 0.3 is 0 Å². The summed E-state index contributed by atoms with van der Waals surface area (Å²) >= 11 is 0. The third kappa shape index (κ3) is 6.89. The molecule has 0 unspecified atom stereocenters. The van der Waals surface area contributed by atoms with Crippen LogP contribution in [0, 0.1) is 11.7 Å². The number of rotatable bonds is 9. The molecule has 0 atom stereocenters. The van der Waals surface area contributed by atoms with E-state index in [9.17, 15) is 4.39 Å². The minimum Gasteiger partial charge on any atom is -0.381 e. The van der Waals surface area contributed by atoms with Crippen LogP contribution in [0.1, 0.15) is 24.8 Å². The second kappa shape index (κ2) is 9.41. The van der Waals surface area contributed by atoms with E-state index >= 15 is 0 Å². The van der Waals surface area contributed by atoms with Crippen molar-refractivity contribution in [3.63, 3.8) is 0 Å². The monoisotopic (exact) mass is 307 g/mol. The van der Waals surface area contributed by atoms with Gasteiger partial charge in [-0.15, -0.1) is 0 Å². The number of hydrogen-bond acceptors (Lipinski definition) is 2. The fourth-order valence-corrected chi connectivity index (χ4v) is 2.15. The summed E-state index contributed by atoms with van der Waals surface area (Å²) in [6, 6.07) is 6.69. The van der Waals surface area contributed by atoms with Gasteiger partial charge in [0.25, 0.3) is 0 Å². The highest BCUT2D eigenvalue weighted by molar-refractivity contribution is 5.79. The van der Waals surface area contributed by atoms with Crippen molar-refractivity contribution >= 4 is 5.96 Å². The lowest BCUT2D eigenvalue weighted by Gasteiger charge is -2.12. The Labute approximate surface area is 132 Å². The van der Waals surface area contributed by atoms with E-state index in [1.54, 1.807) is 19.2 Å². The first-order valence-corrected chi connectivity index (χ1v) is 8.04. The van der Waals surface area contributed by atoms with Crippen molar-refractivity contribution in [2.75, 3.05) is 33.4 Å². The summed E-state index contributed by atoms with van der Waals surface area (Å²) in [6.07, 6.45) is 4.40. The van der Waals surface area contributed by atoms with Crippen molar-refractivity contribution in [1.29, 1.82) is 0 Å². The van der Waals surface area contributed by atoms with E-state index in [1.807, 2.05) is 6.07 Å². The van der Waals surface area contributed by atoms with Gasteiger partial charge in [-0.2, -0.15) is 0 Å². The van der Waals surface area contributed by atoms with Crippen LogP contribution in [0.25, 0.3) is 0 Å². The predicted molar refractivity (Wildman–Crippen MR) is 87.6 cm³/mol. The maximum atomic E-state index is 13.1. The molecule has 122 valence electrons. The molecule has 0 heterocycles. The van der Waals surface area contributed by atoms with Crippen molar-refractivity contribution in [1.82, 2.24) is 10.6 Å². The molecule has 0 saturated heterocycles. The smallest absolute Gasteiger partial charge is 0.190 e. The zero-order chi connectivity index (χ0) is 15.6. The van der Waals surface area contributed by atoms with Crippen LogP contribution in [-0.2, 0) is 11.2 Å². The standard InChI is InChI=1S/C17H26FN3O/c1-19-17(20-9-3-11-22-13-15-6-7-15)21-10-8-14-4-2-5-16(18)12-14/h2,4-5,12,15H,3,6-11,13H2,1H3,(H2,19,20,21). The van der Waals surface area contributed by atoms with Gasteiger partial charge in [0.15, 0.2) is 5.96 Å². The van der Waals surface area contributed by atoms with E-state index in [-0.39, 0.29) is 5.82 Å². The first-order valence-electron chi connectivity index (χ1n) is 8.04. The molecular formula is C17H26FN3O. The molecule has 1 aromatic carbocycles. The molecule has 1 saturated carbocycles. The molecule has 1 aromatic rings. The minimum atomic E-state index is -0.189. The van der Waals surface area contributed by atoms with Gasteiger partial charge in [0.05, 0.1) is 0 Å². The first-order chi connectivity index (χ1) is 10.8. The lowest BCUT2D eigenvalue weighted by Crippen LogP contribution is -2.39.